The van der Waals surface area contributed by atoms with Crippen LogP contribution in [0.5, 0.6) is 5.75 Å². The van der Waals surface area contributed by atoms with Crippen LogP contribution in [-0.4, -0.2) is 12.1 Å². The smallest absolute Gasteiger partial charge is 0.392 e. The summed E-state index contributed by atoms with van der Waals surface area (Å²) >= 11 is 0. The van der Waals surface area contributed by atoms with Crippen molar-refractivity contribution in [1.29, 1.82) is 0 Å². The van der Waals surface area contributed by atoms with Crippen LogP contribution in [0, 0.1) is 0 Å². The number of carbonyl (C=O) groups excluding carboxylic acids is 1. The fraction of sp³-hybridized carbons (Fsp3) is 0.250. The second kappa shape index (κ2) is 5.52. The Bertz CT molecular complexity index is 405. The van der Waals surface area contributed by atoms with Crippen LogP contribution in [0.2, 0.25) is 0 Å². The van der Waals surface area contributed by atoms with Gasteiger partial charge in [-0.05, 0) is 17.7 Å². The van der Waals surface area contributed by atoms with Gasteiger partial charge in [-0.25, -0.2) is 0 Å². The molecule has 2 nitrogen and oxygen atoms in total. The van der Waals surface area contributed by atoms with E-state index in [0.717, 1.165) is 6.08 Å². The summed E-state index contributed by atoms with van der Waals surface area (Å²) in [6.07, 6.45) is -2.74. The first kappa shape index (κ1) is 13.3. The molecule has 0 unspecified atom stereocenters. The number of rotatable bonds is 3. The average molecular weight is 244 g/mol. The van der Waals surface area contributed by atoms with Crippen molar-refractivity contribution in [2.75, 3.05) is 0 Å². The van der Waals surface area contributed by atoms with Crippen LogP contribution in [0.15, 0.2) is 30.3 Å². The molecule has 0 aliphatic heterocycles. The van der Waals surface area contributed by atoms with Crippen molar-refractivity contribution in [2.45, 2.75) is 19.5 Å². The average Bonchev–Trinajstić information content (AvgIpc) is 2.18. The molecule has 0 saturated carbocycles. The molecule has 0 heterocycles. The van der Waals surface area contributed by atoms with Gasteiger partial charge in [-0.3, -0.25) is 4.79 Å². The molecule has 1 aromatic rings. The van der Waals surface area contributed by atoms with Gasteiger partial charge in [0.15, 0.2) is 0 Å². The fourth-order valence-electron chi connectivity index (χ4n) is 1.14. The van der Waals surface area contributed by atoms with Gasteiger partial charge in [-0.15, -0.1) is 0 Å². The van der Waals surface area contributed by atoms with E-state index in [9.17, 15) is 18.0 Å². The predicted molar refractivity (Wildman–Crippen MR) is 57.5 cm³/mol. The van der Waals surface area contributed by atoms with Gasteiger partial charge in [0, 0.05) is 6.92 Å². The monoisotopic (exact) mass is 244 g/mol. The third-order valence-corrected chi connectivity index (χ3v) is 1.80. The van der Waals surface area contributed by atoms with Gasteiger partial charge >= 0.3 is 12.1 Å². The van der Waals surface area contributed by atoms with Gasteiger partial charge in [0.25, 0.3) is 0 Å². The third kappa shape index (κ3) is 5.75. The molecule has 5 heteroatoms. The van der Waals surface area contributed by atoms with Crippen molar-refractivity contribution in [3.8, 4) is 5.75 Å². The zero-order valence-corrected chi connectivity index (χ0v) is 9.12. The van der Waals surface area contributed by atoms with Gasteiger partial charge in [0.1, 0.15) is 5.75 Å². The summed E-state index contributed by atoms with van der Waals surface area (Å²) in [5.74, 6) is -0.0733. The van der Waals surface area contributed by atoms with Crippen molar-refractivity contribution in [2.24, 2.45) is 0 Å². The lowest BCUT2D eigenvalue weighted by atomic mass is 10.2. The van der Waals surface area contributed by atoms with E-state index in [1.54, 1.807) is 12.1 Å². The first-order chi connectivity index (χ1) is 7.87. The highest BCUT2D eigenvalue weighted by atomic mass is 19.4. The van der Waals surface area contributed by atoms with E-state index in [1.165, 1.54) is 25.1 Å². The van der Waals surface area contributed by atoms with Gasteiger partial charge in [0.2, 0.25) is 0 Å². The van der Waals surface area contributed by atoms with Crippen molar-refractivity contribution in [3.63, 3.8) is 0 Å². The van der Waals surface area contributed by atoms with Gasteiger partial charge in [-0.1, -0.05) is 24.3 Å². The molecule has 1 aromatic carbocycles. The maximum Gasteiger partial charge on any atom is 0.392 e. The first-order valence-electron chi connectivity index (χ1n) is 4.88. The topological polar surface area (TPSA) is 26.3 Å². The number of carbonyl (C=O) groups is 1. The molecule has 0 atom stereocenters. The summed E-state index contributed by atoms with van der Waals surface area (Å²) < 4.78 is 40.4. The number of alkyl halides is 3. The van der Waals surface area contributed by atoms with Crippen molar-refractivity contribution >= 4 is 12.0 Å². The second-order valence-electron chi connectivity index (χ2n) is 3.38. The maximum absolute atomic E-state index is 11.9. The molecular formula is C12H11F3O2. The molecule has 17 heavy (non-hydrogen) atoms. The van der Waals surface area contributed by atoms with Crippen molar-refractivity contribution in [1.82, 2.24) is 0 Å². The van der Waals surface area contributed by atoms with Gasteiger partial charge in [-0.2, -0.15) is 13.2 Å². The Labute approximate surface area is 96.7 Å². The number of hydrogen-bond acceptors (Lipinski definition) is 2. The Morgan fingerprint density at radius 3 is 2.35 bits per heavy atom. The summed E-state index contributed by atoms with van der Waals surface area (Å²) in [5, 5.41) is 0. The van der Waals surface area contributed by atoms with Gasteiger partial charge in [0.05, 0.1) is 6.42 Å². The lowest BCUT2D eigenvalue weighted by Gasteiger charge is -2.02. The van der Waals surface area contributed by atoms with Crippen LogP contribution in [-0.2, 0) is 4.79 Å². The van der Waals surface area contributed by atoms with E-state index >= 15 is 0 Å². The largest absolute Gasteiger partial charge is 0.427 e. The Hall–Kier alpha value is -1.78. The van der Waals surface area contributed by atoms with Gasteiger partial charge < -0.3 is 4.74 Å². The summed E-state index contributed by atoms with van der Waals surface area (Å²) in [6.45, 7) is 1.27. The van der Waals surface area contributed by atoms with Crippen LogP contribution < -0.4 is 4.74 Å². The minimum atomic E-state index is -4.19. The lowest BCUT2D eigenvalue weighted by molar-refractivity contribution is -0.132. The van der Waals surface area contributed by atoms with Crippen LogP contribution in [0.3, 0.4) is 0 Å². The predicted octanol–water partition coefficient (Wildman–Crippen LogP) is 3.58. The first-order valence-corrected chi connectivity index (χ1v) is 4.88. The fourth-order valence-corrected chi connectivity index (χ4v) is 1.14. The molecule has 0 spiro atoms. The van der Waals surface area contributed by atoms with Crippen LogP contribution in [0.25, 0.3) is 6.08 Å². The molecule has 92 valence electrons. The molecule has 0 radical (unpaired) electrons. The molecule has 0 bridgehead atoms. The zero-order valence-electron chi connectivity index (χ0n) is 9.12. The number of hydrogen-bond donors (Lipinski definition) is 0. The molecule has 0 saturated heterocycles. The molecule has 0 fully saturated rings. The second-order valence-corrected chi connectivity index (χ2v) is 3.38. The van der Waals surface area contributed by atoms with E-state index < -0.39 is 18.6 Å². The van der Waals surface area contributed by atoms with E-state index in [2.05, 4.69) is 0 Å². The Kier molecular flexibility index (Phi) is 4.31. The minimum absolute atomic E-state index is 0.366. The standard InChI is InChI=1S/C12H11F3O2/c1-9(16)17-11-6-4-10(5-7-11)3-2-8-12(13,14)15/h2-7H,8H2,1H3/b3-2+. The summed E-state index contributed by atoms with van der Waals surface area (Å²) in [6, 6.07) is 6.19. The maximum atomic E-state index is 11.9. The zero-order chi connectivity index (χ0) is 12.9. The quantitative estimate of drug-likeness (QED) is 0.600. The Morgan fingerprint density at radius 2 is 1.88 bits per heavy atom. The molecule has 0 aliphatic carbocycles. The highest BCUT2D eigenvalue weighted by Gasteiger charge is 2.24. The summed E-state index contributed by atoms with van der Waals surface area (Å²) in [7, 11) is 0. The van der Waals surface area contributed by atoms with Crippen LogP contribution >= 0.6 is 0 Å². The SMILES string of the molecule is CC(=O)Oc1ccc(/C=C/CC(F)(F)F)cc1. The van der Waals surface area contributed by atoms with E-state index in [-0.39, 0.29) is 0 Å². The molecule has 0 aliphatic rings. The lowest BCUT2D eigenvalue weighted by Crippen LogP contribution is -2.03. The molecule has 1 rings (SSSR count). The molecule has 0 aromatic heterocycles. The van der Waals surface area contributed by atoms with Crippen molar-refractivity contribution < 1.29 is 22.7 Å². The summed E-state index contributed by atoms with van der Waals surface area (Å²) in [5.41, 5.74) is 0.616. The van der Waals surface area contributed by atoms with E-state index in [0.29, 0.717) is 11.3 Å². The Balaban J connectivity index is 2.59. The molecule has 0 amide bonds. The summed E-state index contributed by atoms with van der Waals surface area (Å²) in [4.78, 5) is 10.6. The number of ether oxygens (including phenoxy) is 1. The van der Waals surface area contributed by atoms with Crippen LogP contribution in [0.4, 0.5) is 13.2 Å². The van der Waals surface area contributed by atoms with E-state index in [1.807, 2.05) is 0 Å². The minimum Gasteiger partial charge on any atom is -0.427 e. The third-order valence-electron chi connectivity index (χ3n) is 1.80. The van der Waals surface area contributed by atoms with E-state index in [4.69, 9.17) is 4.74 Å². The van der Waals surface area contributed by atoms with Crippen LogP contribution in [0.1, 0.15) is 18.9 Å². The Morgan fingerprint density at radius 1 is 1.29 bits per heavy atom. The van der Waals surface area contributed by atoms with Crippen molar-refractivity contribution in [3.05, 3.63) is 35.9 Å². The number of allylic oxidation sites excluding steroid dienone is 1. The number of benzene rings is 1. The normalized spacial score (nSPS) is 11.8. The highest BCUT2D eigenvalue weighted by Crippen LogP contribution is 2.21. The highest BCUT2D eigenvalue weighted by molar-refractivity contribution is 5.69. The molecule has 0 N–H and O–H groups in total. The number of halogens is 3. The number of esters is 1. The molecular weight excluding hydrogens is 233 g/mol.